The first-order chi connectivity index (χ1) is 11.2. The molecule has 0 aliphatic heterocycles. The summed E-state index contributed by atoms with van der Waals surface area (Å²) in [5.74, 6) is 0.487. The second-order valence-electron chi connectivity index (χ2n) is 4.74. The molecule has 0 radical (unpaired) electrons. The van der Waals surface area contributed by atoms with Crippen LogP contribution in [0.1, 0.15) is 6.92 Å². The van der Waals surface area contributed by atoms with Gasteiger partial charge in [0.1, 0.15) is 5.25 Å². The Morgan fingerprint density at radius 1 is 1.22 bits per heavy atom. The highest BCUT2D eigenvalue weighted by Gasteiger charge is 2.22. The van der Waals surface area contributed by atoms with Crippen LogP contribution in [-0.4, -0.2) is 33.1 Å². The van der Waals surface area contributed by atoms with Crippen LogP contribution < -0.4 is 0 Å². The van der Waals surface area contributed by atoms with Crippen molar-refractivity contribution < 1.29 is 9.53 Å². The molecule has 0 amide bonds. The summed E-state index contributed by atoms with van der Waals surface area (Å²) in [6.07, 6.45) is 0. The summed E-state index contributed by atoms with van der Waals surface area (Å²) in [6.45, 7) is 1.80. The third kappa shape index (κ3) is 3.30. The minimum absolute atomic E-state index is 0.282. The number of carbonyl (C=O) groups is 1. The predicted molar refractivity (Wildman–Crippen MR) is 92.0 cm³/mol. The number of thioether (sulfide) groups is 1. The normalized spacial score (nSPS) is 12.1. The molecule has 0 N–H and O–H groups in total. The van der Waals surface area contributed by atoms with Gasteiger partial charge in [0.25, 0.3) is 0 Å². The molecule has 1 atom stereocenters. The molecule has 0 aliphatic rings. The molecule has 2 heterocycles. The minimum atomic E-state index is -0.358. The summed E-state index contributed by atoms with van der Waals surface area (Å²) in [4.78, 5) is 12.7. The molecule has 7 heteroatoms. The number of hydrogen-bond acceptors (Lipinski definition) is 6. The number of benzene rings is 1. The van der Waals surface area contributed by atoms with Gasteiger partial charge in [0.2, 0.25) is 0 Å². The molecular formula is C16H15N3O2S2. The molecule has 5 nitrogen and oxygen atoms in total. The van der Waals surface area contributed by atoms with Crippen LogP contribution in [-0.2, 0) is 9.53 Å². The summed E-state index contributed by atoms with van der Waals surface area (Å²) in [5.41, 5.74) is 0.959. The molecule has 3 rings (SSSR count). The number of thiophene rings is 1. The number of hydrogen-bond donors (Lipinski definition) is 0. The highest BCUT2D eigenvalue weighted by atomic mass is 32.2. The van der Waals surface area contributed by atoms with Crippen LogP contribution in [0.15, 0.2) is 53.0 Å². The average Bonchev–Trinajstić information content (AvgIpc) is 3.24. The fraction of sp³-hybridized carbons (Fsp3) is 0.188. The molecule has 23 heavy (non-hydrogen) atoms. The predicted octanol–water partition coefficient (Wildman–Crippen LogP) is 3.65. The first-order valence-corrected chi connectivity index (χ1v) is 8.76. The standard InChI is InChI=1S/C16H15N3O2S2/c1-11(15(20)21-2)23-16-18-17-14(13-9-6-10-22-13)19(16)12-7-4-3-5-8-12/h3-11H,1-2H3/t11-/m0/s1. The second-order valence-corrected chi connectivity index (χ2v) is 6.99. The van der Waals surface area contributed by atoms with E-state index in [1.54, 1.807) is 18.3 Å². The smallest absolute Gasteiger partial charge is 0.318 e. The van der Waals surface area contributed by atoms with Gasteiger partial charge in [-0.2, -0.15) is 0 Å². The van der Waals surface area contributed by atoms with Gasteiger partial charge >= 0.3 is 5.97 Å². The molecule has 1 aromatic carbocycles. The fourth-order valence-electron chi connectivity index (χ4n) is 2.09. The number of carbonyl (C=O) groups excluding carboxylic acids is 1. The molecular weight excluding hydrogens is 330 g/mol. The lowest BCUT2D eigenvalue weighted by atomic mass is 10.3. The Balaban J connectivity index is 2.05. The number of ether oxygens (including phenoxy) is 1. The van der Waals surface area contributed by atoms with Crippen LogP contribution in [0, 0.1) is 0 Å². The van der Waals surface area contributed by atoms with Crippen LogP contribution >= 0.6 is 23.1 Å². The van der Waals surface area contributed by atoms with Gasteiger partial charge in [0.05, 0.1) is 12.0 Å². The Bertz CT molecular complexity index is 785. The van der Waals surface area contributed by atoms with E-state index in [4.69, 9.17) is 4.74 Å². The third-order valence-electron chi connectivity index (χ3n) is 3.20. The Morgan fingerprint density at radius 2 is 2.00 bits per heavy atom. The third-order valence-corrected chi connectivity index (χ3v) is 5.09. The van der Waals surface area contributed by atoms with Crippen molar-refractivity contribution in [2.75, 3.05) is 7.11 Å². The first-order valence-electron chi connectivity index (χ1n) is 7.00. The molecule has 0 bridgehead atoms. The molecule has 0 unspecified atom stereocenters. The number of aromatic nitrogens is 3. The molecule has 0 saturated heterocycles. The topological polar surface area (TPSA) is 57.0 Å². The summed E-state index contributed by atoms with van der Waals surface area (Å²) >= 11 is 2.94. The van der Waals surface area contributed by atoms with E-state index in [1.807, 2.05) is 52.4 Å². The number of nitrogens with zero attached hydrogens (tertiary/aromatic N) is 3. The van der Waals surface area contributed by atoms with E-state index in [9.17, 15) is 4.79 Å². The first kappa shape index (κ1) is 15.8. The largest absolute Gasteiger partial charge is 0.468 e. The molecule has 0 saturated carbocycles. The average molecular weight is 345 g/mol. The van der Waals surface area contributed by atoms with Crippen LogP contribution in [0.25, 0.3) is 16.4 Å². The molecule has 0 aliphatic carbocycles. The fourth-order valence-corrected chi connectivity index (χ4v) is 3.69. The van der Waals surface area contributed by atoms with E-state index in [2.05, 4.69) is 10.2 Å². The van der Waals surface area contributed by atoms with Gasteiger partial charge in [0.15, 0.2) is 11.0 Å². The van der Waals surface area contributed by atoms with Crippen molar-refractivity contribution in [3.8, 4) is 16.4 Å². The van der Waals surface area contributed by atoms with Crippen molar-refractivity contribution in [2.24, 2.45) is 0 Å². The number of methoxy groups -OCH3 is 1. The van der Waals surface area contributed by atoms with E-state index >= 15 is 0 Å². The SMILES string of the molecule is COC(=O)[C@H](C)Sc1nnc(-c2cccs2)n1-c1ccccc1. The van der Waals surface area contributed by atoms with E-state index in [0.717, 1.165) is 16.4 Å². The summed E-state index contributed by atoms with van der Waals surface area (Å²) in [5, 5.41) is 10.9. The molecule has 2 aromatic heterocycles. The van der Waals surface area contributed by atoms with Gasteiger partial charge in [-0.05, 0) is 30.5 Å². The second kappa shape index (κ2) is 6.97. The zero-order chi connectivity index (χ0) is 16.2. The van der Waals surface area contributed by atoms with Gasteiger partial charge in [-0.3, -0.25) is 9.36 Å². The Kier molecular flexibility index (Phi) is 4.78. The Labute approximate surface area is 142 Å². The quantitative estimate of drug-likeness (QED) is 0.522. The van der Waals surface area contributed by atoms with Gasteiger partial charge in [-0.1, -0.05) is 36.0 Å². The van der Waals surface area contributed by atoms with Crippen LogP contribution in [0.2, 0.25) is 0 Å². The number of rotatable bonds is 5. The lowest BCUT2D eigenvalue weighted by Gasteiger charge is -2.11. The number of para-hydroxylation sites is 1. The maximum Gasteiger partial charge on any atom is 0.318 e. The van der Waals surface area contributed by atoms with Crippen LogP contribution in [0.3, 0.4) is 0 Å². The highest BCUT2D eigenvalue weighted by molar-refractivity contribution is 8.00. The summed E-state index contributed by atoms with van der Waals surface area (Å²) < 4.78 is 6.76. The van der Waals surface area contributed by atoms with Crippen molar-refractivity contribution in [1.29, 1.82) is 0 Å². The van der Waals surface area contributed by atoms with Crippen LogP contribution in [0.4, 0.5) is 0 Å². The van der Waals surface area contributed by atoms with Gasteiger partial charge in [-0.15, -0.1) is 21.5 Å². The monoisotopic (exact) mass is 345 g/mol. The van der Waals surface area contributed by atoms with Crippen molar-refractivity contribution in [3.63, 3.8) is 0 Å². The van der Waals surface area contributed by atoms with Crippen molar-refractivity contribution in [1.82, 2.24) is 14.8 Å². The zero-order valence-corrected chi connectivity index (χ0v) is 14.3. The van der Waals surface area contributed by atoms with Crippen molar-refractivity contribution in [3.05, 3.63) is 47.8 Å². The number of esters is 1. The van der Waals surface area contributed by atoms with Crippen molar-refractivity contribution >= 4 is 29.1 Å². The van der Waals surface area contributed by atoms with E-state index in [1.165, 1.54) is 18.9 Å². The molecule has 118 valence electrons. The molecule has 0 fully saturated rings. The van der Waals surface area contributed by atoms with Crippen molar-refractivity contribution in [2.45, 2.75) is 17.3 Å². The van der Waals surface area contributed by atoms with Gasteiger partial charge in [0, 0.05) is 5.69 Å². The lowest BCUT2D eigenvalue weighted by Crippen LogP contribution is -2.15. The lowest BCUT2D eigenvalue weighted by molar-refractivity contribution is -0.139. The summed E-state index contributed by atoms with van der Waals surface area (Å²) in [6, 6.07) is 13.9. The maximum atomic E-state index is 11.7. The zero-order valence-electron chi connectivity index (χ0n) is 12.7. The minimum Gasteiger partial charge on any atom is -0.468 e. The van der Waals surface area contributed by atoms with Gasteiger partial charge in [-0.25, -0.2) is 0 Å². The van der Waals surface area contributed by atoms with E-state index in [-0.39, 0.29) is 11.2 Å². The highest BCUT2D eigenvalue weighted by Crippen LogP contribution is 2.32. The Hall–Kier alpha value is -2.12. The summed E-state index contributed by atoms with van der Waals surface area (Å²) in [7, 11) is 1.39. The molecule has 0 spiro atoms. The maximum absolute atomic E-state index is 11.7. The van der Waals surface area contributed by atoms with Gasteiger partial charge < -0.3 is 4.74 Å². The van der Waals surface area contributed by atoms with E-state index in [0.29, 0.717) is 5.16 Å². The Morgan fingerprint density at radius 3 is 2.65 bits per heavy atom. The van der Waals surface area contributed by atoms with Crippen LogP contribution in [0.5, 0.6) is 0 Å². The van der Waals surface area contributed by atoms with E-state index < -0.39 is 0 Å². The molecule has 3 aromatic rings.